The number of hydrogen-bond acceptors (Lipinski definition) is 4. The third-order valence-corrected chi connectivity index (χ3v) is 5.17. The first kappa shape index (κ1) is 17.2. The molecule has 0 aromatic rings. The van der Waals surface area contributed by atoms with Gasteiger partial charge in [0.05, 0.1) is 0 Å². The fourth-order valence-corrected chi connectivity index (χ4v) is 3.80. The van der Waals surface area contributed by atoms with Gasteiger partial charge in [0, 0.05) is 45.0 Å². The largest absolute Gasteiger partial charge is 0.396 e. The van der Waals surface area contributed by atoms with Crippen molar-refractivity contribution in [3.63, 3.8) is 0 Å². The highest BCUT2D eigenvalue weighted by Crippen LogP contribution is 2.34. The van der Waals surface area contributed by atoms with Crippen molar-refractivity contribution < 1.29 is 9.84 Å². The Kier molecular flexibility index (Phi) is 6.93. The van der Waals surface area contributed by atoms with Crippen LogP contribution in [-0.2, 0) is 4.74 Å². The van der Waals surface area contributed by atoms with Gasteiger partial charge in [-0.2, -0.15) is 0 Å². The SMILES string of the molecule is CC(C)NCC1(CN2CCCC2CCCO)CCOCC1. The van der Waals surface area contributed by atoms with Crippen molar-refractivity contribution in [3.8, 4) is 0 Å². The van der Waals surface area contributed by atoms with Crippen molar-refractivity contribution in [2.75, 3.05) is 39.5 Å². The van der Waals surface area contributed by atoms with Crippen LogP contribution in [0, 0.1) is 5.41 Å². The summed E-state index contributed by atoms with van der Waals surface area (Å²) in [5.41, 5.74) is 0.379. The summed E-state index contributed by atoms with van der Waals surface area (Å²) >= 11 is 0. The first-order valence-electron chi connectivity index (χ1n) is 8.81. The topological polar surface area (TPSA) is 44.7 Å². The van der Waals surface area contributed by atoms with Crippen molar-refractivity contribution in [2.24, 2.45) is 5.41 Å². The van der Waals surface area contributed by atoms with Crippen LogP contribution in [0.3, 0.4) is 0 Å². The second-order valence-corrected chi connectivity index (χ2v) is 7.28. The van der Waals surface area contributed by atoms with E-state index in [1.54, 1.807) is 0 Å². The van der Waals surface area contributed by atoms with E-state index in [-0.39, 0.29) is 0 Å². The molecule has 0 spiro atoms. The van der Waals surface area contributed by atoms with Crippen molar-refractivity contribution in [1.29, 1.82) is 0 Å². The van der Waals surface area contributed by atoms with Crippen LogP contribution in [0.25, 0.3) is 0 Å². The summed E-state index contributed by atoms with van der Waals surface area (Å²) in [4.78, 5) is 2.70. The Morgan fingerprint density at radius 2 is 2.10 bits per heavy atom. The molecule has 0 aromatic carbocycles. The van der Waals surface area contributed by atoms with Crippen LogP contribution in [0.5, 0.6) is 0 Å². The number of nitrogens with one attached hydrogen (secondary N) is 1. The molecular weight excluding hydrogens is 264 g/mol. The third kappa shape index (κ3) is 5.20. The Bertz CT molecular complexity index is 291. The molecule has 1 unspecified atom stereocenters. The summed E-state index contributed by atoms with van der Waals surface area (Å²) in [5, 5.41) is 12.8. The lowest BCUT2D eigenvalue weighted by Gasteiger charge is -2.42. The fraction of sp³-hybridized carbons (Fsp3) is 1.00. The summed E-state index contributed by atoms with van der Waals surface area (Å²) in [6, 6.07) is 1.24. The van der Waals surface area contributed by atoms with Gasteiger partial charge in [-0.3, -0.25) is 4.90 Å². The van der Waals surface area contributed by atoms with E-state index in [2.05, 4.69) is 24.1 Å². The van der Waals surface area contributed by atoms with Crippen LogP contribution in [0.15, 0.2) is 0 Å². The first-order valence-corrected chi connectivity index (χ1v) is 8.81. The Labute approximate surface area is 130 Å². The van der Waals surface area contributed by atoms with E-state index in [1.165, 1.54) is 38.8 Å². The summed E-state index contributed by atoms with van der Waals surface area (Å²) in [6.45, 7) is 10.2. The van der Waals surface area contributed by atoms with E-state index in [9.17, 15) is 0 Å². The summed E-state index contributed by atoms with van der Waals surface area (Å²) in [7, 11) is 0. The number of likely N-dealkylation sites (tertiary alicyclic amines) is 1. The Balaban J connectivity index is 1.93. The smallest absolute Gasteiger partial charge is 0.0472 e. The quantitative estimate of drug-likeness (QED) is 0.719. The number of aliphatic hydroxyl groups is 1. The lowest BCUT2D eigenvalue weighted by Crippen LogP contribution is -2.49. The predicted molar refractivity (Wildman–Crippen MR) is 86.5 cm³/mol. The highest BCUT2D eigenvalue weighted by atomic mass is 16.5. The van der Waals surface area contributed by atoms with Crippen LogP contribution < -0.4 is 5.32 Å². The van der Waals surface area contributed by atoms with E-state index < -0.39 is 0 Å². The van der Waals surface area contributed by atoms with Crippen molar-refractivity contribution in [2.45, 2.75) is 64.5 Å². The van der Waals surface area contributed by atoms with Gasteiger partial charge in [-0.05, 0) is 50.5 Å². The molecule has 0 radical (unpaired) electrons. The fourth-order valence-electron chi connectivity index (χ4n) is 3.80. The number of ether oxygens (including phenoxy) is 1. The second-order valence-electron chi connectivity index (χ2n) is 7.28. The average molecular weight is 298 g/mol. The molecule has 0 amide bonds. The minimum Gasteiger partial charge on any atom is -0.396 e. The van der Waals surface area contributed by atoms with Crippen LogP contribution in [0.1, 0.15) is 52.4 Å². The molecule has 2 saturated heterocycles. The third-order valence-electron chi connectivity index (χ3n) is 5.17. The van der Waals surface area contributed by atoms with Crippen LogP contribution in [-0.4, -0.2) is 61.5 Å². The summed E-state index contributed by atoms with van der Waals surface area (Å²) < 4.78 is 5.61. The molecule has 0 aliphatic carbocycles. The van der Waals surface area contributed by atoms with Gasteiger partial charge in [-0.1, -0.05) is 13.8 Å². The van der Waals surface area contributed by atoms with Crippen LogP contribution in [0.2, 0.25) is 0 Å². The van der Waals surface area contributed by atoms with Gasteiger partial charge in [0.25, 0.3) is 0 Å². The molecular formula is C17H34N2O2. The van der Waals surface area contributed by atoms with Crippen molar-refractivity contribution in [3.05, 3.63) is 0 Å². The zero-order valence-corrected chi connectivity index (χ0v) is 13.9. The summed E-state index contributed by atoms with van der Waals surface area (Å²) in [5.74, 6) is 0. The first-order chi connectivity index (χ1) is 10.2. The molecule has 124 valence electrons. The second kappa shape index (κ2) is 8.47. The van der Waals surface area contributed by atoms with Gasteiger partial charge in [0.2, 0.25) is 0 Å². The van der Waals surface area contributed by atoms with Crippen LogP contribution in [0.4, 0.5) is 0 Å². The van der Waals surface area contributed by atoms with E-state index in [1.807, 2.05) is 0 Å². The average Bonchev–Trinajstić information content (AvgIpc) is 2.91. The molecule has 0 aromatic heterocycles. The van der Waals surface area contributed by atoms with Crippen molar-refractivity contribution in [1.82, 2.24) is 10.2 Å². The minimum absolute atomic E-state index is 0.332. The Hall–Kier alpha value is -0.160. The zero-order chi connectivity index (χ0) is 15.1. The lowest BCUT2D eigenvalue weighted by molar-refractivity contribution is -0.00806. The van der Waals surface area contributed by atoms with E-state index in [4.69, 9.17) is 9.84 Å². The molecule has 2 N–H and O–H groups in total. The van der Waals surface area contributed by atoms with Gasteiger partial charge in [0.15, 0.2) is 0 Å². The Morgan fingerprint density at radius 1 is 1.33 bits per heavy atom. The Morgan fingerprint density at radius 3 is 2.76 bits per heavy atom. The number of nitrogens with zero attached hydrogens (tertiary/aromatic N) is 1. The number of aliphatic hydroxyl groups excluding tert-OH is 1. The molecule has 4 heteroatoms. The maximum Gasteiger partial charge on any atom is 0.0472 e. The van der Waals surface area contributed by atoms with E-state index >= 15 is 0 Å². The predicted octanol–water partition coefficient (Wildman–Crippen LogP) is 2.02. The zero-order valence-electron chi connectivity index (χ0n) is 13.9. The molecule has 2 aliphatic heterocycles. The van der Waals surface area contributed by atoms with Crippen molar-refractivity contribution >= 4 is 0 Å². The number of hydrogen-bond donors (Lipinski definition) is 2. The molecule has 2 fully saturated rings. The lowest BCUT2D eigenvalue weighted by atomic mass is 9.79. The standard InChI is InChI=1S/C17H34N2O2/c1-15(2)18-13-17(7-11-21-12-8-17)14-19-9-3-5-16(19)6-4-10-20/h15-16,18,20H,3-14H2,1-2H3. The van der Waals surface area contributed by atoms with Gasteiger partial charge in [-0.25, -0.2) is 0 Å². The van der Waals surface area contributed by atoms with Crippen LogP contribution >= 0.6 is 0 Å². The molecule has 21 heavy (non-hydrogen) atoms. The molecule has 0 saturated carbocycles. The van der Waals surface area contributed by atoms with Gasteiger partial charge < -0.3 is 15.2 Å². The molecule has 4 nitrogen and oxygen atoms in total. The normalized spacial score (nSPS) is 26.6. The molecule has 0 bridgehead atoms. The monoisotopic (exact) mass is 298 g/mol. The maximum absolute atomic E-state index is 9.09. The van der Waals surface area contributed by atoms with Gasteiger partial charge >= 0.3 is 0 Å². The van der Waals surface area contributed by atoms with E-state index in [0.29, 0.717) is 24.1 Å². The molecule has 1 atom stereocenters. The number of rotatable bonds is 8. The molecule has 2 rings (SSSR count). The molecule has 2 heterocycles. The van der Waals surface area contributed by atoms with Gasteiger partial charge in [-0.15, -0.1) is 0 Å². The molecule has 2 aliphatic rings. The highest BCUT2D eigenvalue weighted by molar-refractivity contribution is 4.91. The highest BCUT2D eigenvalue weighted by Gasteiger charge is 2.37. The maximum atomic E-state index is 9.09. The van der Waals surface area contributed by atoms with E-state index in [0.717, 1.165) is 32.6 Å². The summed E-state index contributed by atoms with van der Waals surface area (Å²) in [6.07, 6.45) is 7.08. The van der Waals surface area contributed by atoms with Gasteiger partial charge in [0.1, 0.15) is 0 Å². The minimum atomic E-state index is 0.332.